The van der Waals surface area contributed by atoms with Crippen LogP contribution in [0.5, 0.6) is 17.2 Å². The highest BCUT2D eigenvalue weighted by Crippen LogP contribution is 2.29. The molecule has 1 heterocycles. The average molecular weight is 706 g/mol. The molecule has 0 radical (unpaired) electrons. The highest BCUT2D eigenvalue weighted by Gasteiger charge is 2.31. The Morgan fingerprint density at radius 3 is 2.12 bits per heavy atom. The number of methoxy groups -OCH3 is 2. The second-order valence-electron chi connectivity index (χ2n) is 12.9. The molecule has 0 aromatic heterocycles. The number of nitrogens with one attached hydrogen (secondary N) is 3. The average Bonchev–Trinajstić information content (AvgIpc) is 3.13. The van der Waals surface area contributed by atoms with Crippen molar-refractivity contribution in [1.82, 2.24) is 9.80 Å². The highest BCUT2D eigenvalue weighted by atomic mass is 16.5. The van der Waals surface area contributed by atoms with Crippen LogP contribution in [-0.4, -0.2) is 98.7 Å². The third kappa shape index (κ3) is 11.2. The largest absolute Gasteiger partial charge is 0.497 e. The van der Waals surface area contributed by atoms with E-state index in [1.807, 2.05) is 13.8 Å². The normalized spacial score (nSPS) is 19.0. The van der Waals surface area contributed by atoms with Crippen LogP contribution in [0.3, 0.4) is 0 Å². The number of hydrogen-bond acceptors (Lipinski definition) is 8. The Hall–Kier alpha value is -5.01. The van der Waals surface area contributed by atoms with E-state index in [0.717, 1.165) is 19.3 Å². The number of likely N-dealkylation sites (N-methyl/N-ethyl adjacent to an activating group) is 1. The first-order valence-corrected chi connectivity index (χ1v) is 17.2. The van der Waals surface area contributed by atoms with Gasteiger partial charge >= 0.3 is 12.1 Å². The minimum absolute atomic E-state index is 0.206. The number of amides is 5. The maximum Gasteiger partial charge on any atom is 0.323 e. The van der Waals surface area contributed by atoms with Gasteiger partial charge in [0.05, 0.1) is 44.6 Å². The zero-order valence-electron chi connectivity index (χ0n) is 30.3. The number of benzene rings is 3. The lowest BCUT2D eigenvalue weighted by atomic mass is 10.0. The zero-order chi connectivity index (χ0) is 36.9. The Morgan fingerprint density at radius 1 is 0.922 bits per heavy atom. The van der Waals surface area contributed by atoms with Gasteiger partial charge in [-0.1, -0.05) is 6.92 Å². The molecule has 4 atom stereocenters. The second kappa shape index (κ2) is 18.8. The smallest absolute Gasteiger partial charge is 0.323 e. The van der Waals surface area contributed by atoms with Gasteiger partial charge in [-0.3, -0.25) is 4.79 Å². The van der Waals surface area contributed by atoms with Gasteiger partial charge in [0.15, 0.2) is 0 Å². The van der Waals surface area contributed by atoms with E-state index in [2.05, 4.69) is 16.0 Å². The van der Waals surface area contributed by atoms with Crippen molar-refractivity contribution in [3.63, 3.8) is 0 Å². The van der Waals surface area contributed by atoms with Gasteiger partial charge in [0, 0.05) is 49.7 Å². The molecule has 4 N–H and O–H groups in total. The number of ether oxygens (including phenoxy) is 4. The SMILES string of the molecule is COc1ccc(NC(=O)Nc2ccc3c(c2)C(=O)N([C@H](C)CO)C[C@@H](C)[C@@H](CN(C)C(=O)Nc2ccc(OC)cc2)OCCCC[C@@H](C)O3)cc1. The Bertz CT molecular complexity index is 1590. The molecule has 13 nitrogen and oxygen atoms in total. The van der Waals surface area contributed by atoms with Crippen LogP contribution in [-0.2, 0) is 4.74 Å². The van der Waals surface area contributed by atoms with Gasteiger partial charge in [0.25, 0.3) is 5.91 Å². The fourth-order valence-corrected chi connectivity index (χ4v) is 5.68. The standard InChI is InChI=1S/C38H51N5O8/c1-25-22-43(26(2)24-44)36(45)33-21-30(40-37(46)39-28-10-15-31(48-5)16-11-28)14-19-34(33)51-27(3)9-7-8-20-50-35(25)23-42(4)38(47)41-29-12-17-32(49-6)18-13-29/h10-19,21,25-27,35,44H,7-9,20,22-24H2,1-6H3,(H,41,47)(H2,39,40,46)/t25-,26-,27-,35-/m1/s1. The summed E-state index contributed by atoms with van der Waals surface area (Å²) in [6, 6.07) is 17.6. The van der Waals surface area contributed by atoms with Crippen LogP contribution in [0.2, 0.25) is 0 Å². The number of aliphatic hydroxyl groups is 1. The van der Waals surface area contributed by atoms with Crippen LogP contribution in [0.15, 0.2) is 66.7 Å². The van der Waals surface area contributed by atoms with Gasteiger partial charge in [-0.05, 0) is 99.8 Å². The minimum Gasteiger partial charge on any atom is -0.497 e. The molecule has 1 aliphatic heterocycles. The van der Waals surface area contributed by atoms with Crippen molar-refractivity contribution in [3.8, 4) is 17.2 Å². The van der Waals surface area contributed by atoms with Crippen LogP contribution >= 0.6 is 0 Å². The minimum atomic E-state index is -0.551. The zero-order valence-corrected chi connectivity index (χ0v) is 30.3. The lowest BCUT2D eigenvalue weighted by molar-refractivity contribution is -0.0115. The van der Waals surface area contributed by atoms with Gasteiger partial charge in [-0.15, -0.1) is 0 Å². The fourth-order valence-electron chi connectivity index (χ4n) is 5.68. The molecule has 51 heavy (non-hydrogen) atoms. The lowest BCUT2D eigenvalue weighted by Gasteiger charge is -2.35. The number of nitrogens with zero attached hydrogens (tertiary/aromatic N) is 2. The molecule has 0 spiro atoms. The third-order valence-electron chi connectivity index (χ3n) is 8.80. The molecule has 0 aliphatic carbocycles. The first-order chi connectivity index (χ1) is 24.5. The van der Waals surface area contributed by atoms with Crippen molar-refractivity contribution >= 4 is 35.0 Å². The molecule has 5 amide bonds. The van der Waals surface area contributed by atoms with Crippen LogP contribution in [0.1, 0.15) is 50.4 Å². The molecule has 4 rings (SSSR count). The van der Waals surface area contributed by atoms with Crippen molar-refractivity contribution in [1.29, 1.82) is 0 Å². The second-order valence-corrected chi connectivity index (χ2v) is 12.9. The molecule has 0 fully saturated rings. The summed E-state index contributed by atoms with van der Waals surface area (Å²) in [5.74, 6) is 1.13. The molecule has 0 unspecified atom stereocenters. The van der Waals surface area contributed by atoms with Crippen LogP contribution in [0.25, 0.3) is 0 Å². The van der Waals surface area contributed by atoms with E-state index < -0.39 is 18.2 Å². The molecule has 0 saturated heterocycles. The third-order valence-corrected chi connectivity index (χ3v) is 8.80. The number of carbonyl (C=O) groups excluding carboxylic acids is 3. The van der Waals surface area contributed by atoms with E-state index in [1.165, 1.54) is 0 Å². The number of rotatable bonds is 9. The molecule has 1 aliphatic rings. The fraction of sp³-hybridized carbons (Fsp3) is 0.447. The number of urea groups is 2. The number of hydrogen-bond donors (Lipinski definition) is 4. The van der Waals surface area contributed by atoms with Gasteiger partial charge in [0.2, 0.25) is 0 Å². The maximum atomic E-state index is 14.4. The Labute approximate surface area is 300 Å². The monoisotopic (exact) mass is 705 g/mol. The molecular formula is C38H51N5O8. The Balaban J connectivity index is 1.55. The molecule has 0 bridgehead atoms. The Morgan fingerprint density at radius 2 is 1.51 bits per heavy atom. The topological polar surface area (TPSA) is 151 Å². The van der Waals surface area contributed by atoms with Gasteiger partial charge in [0.1, 0.15) is 17.2 Å². The van der Waals surface area contributed by atoms with Crippen LogP contribution in [0, 0.1) is 5.92 Å². The molecule has 13 heteroatoms. The van der Waals surface area contributed by atoms with E-state index in [0.29, 0.717) is 40.9 Å². The van der Waals surface area contributed by atoms with Crippen molar-refractivity contribution < 1.29 is 38.4 Å². The van der Waals surface area contributed by atoms with Gasteiger partial charge in [-0.25, -0.2) is 9.59 Å². The molecule has 0 saturated carbocycles. The predicted octanol–water partition coefficient (Wildman–Crippen LogP) is 6.31. The van der Waals surface area contributed by atoms with Gasteiger partial charge < -0.3 is 49.8 Å². The van der Waals surface area contributed by atoms with E-state index >= 15 is 0 Å². The van der Waals surface area contributed by atoms with E-state index in [-0.39, 0.29) is 49.2 Å². The summed E-state index contributed by atoms with van der Waals surface area (Å²) in [6.45, 7) is 6.38. The van der Waals surface area contributed by atoms with E-state index in [1.54, 1.807) is 105 Å². The first-order valence-electron chi connectivity index (χ1n) is 17.2. The summed E-state index contributed by atoms with van der Waals surface area (Å²) in [5, 5.41) is 18.7. The summed E-state index contributed by atoms with van der Waals surface area (Å²) < 4.78 is 23.1. The number of anilines is 3. The van der Waals surface area contributed by atoms with Crippen molar-refractivity contribution in [2.24, 2.45) is 5.92 Å². The lowest BCUT2D eigenvalue weighted by Crippen LogP contribution is -2.48. The summed E-state index contributed by atoms with van der Waals surface area (Å²) in [4.78, 5) is 43.6. The quantitative estimate of drug-likeness (QED) is 0.202. The molecular weight excluding hydrogens is 654 g/mol. The van der Waals surface area contributed by atoms with Crippen molar-refractivity contribution in [2.45, 2.75) is 58.3 Å². The summed E-state index contributed by atoms with van der Waals surface area (Å²) in [6.07, 6.45) is 1.72. The summed E-state index contributed by atoms with van der Waals surface area (Å²) in [5.41, 5.74) is 1.84. The van der Waals surface area contributed by atoms with Gasteiger partial charge in [-0.2, -0.15) is 0 Å². The summed E-state index contributed by atoms with van der Waals surface area (Å²) in [7, 11) is 4.85. The highest BCUT2D eigenvalue weighted by molar-refractivity contribution is 6.02. The van der Waals surface area contributed by atoms with E-state index in [4.69, 9.17) is 18.9 Å². The number of carbonyl (C=O) groups is 3. The molecule has 3 aromatic carbocycles. The number of aliphatic hydroxyl groups excluding tert-OH is 1. The maximum absolute atomic E-state index is 14.4. The first kappa shape index (κ1) is 38.8. The van der Waals surface area contributed by atoms with Crippen LogP contribution in [0.4, 0.5) is 26.7 Å². The van der Waals surface area contributed by atoms with Crippen LogP contribution < -0.4 is 30.2 Å². The summed E-state index contributed by atoms with van der Waals surface area (Å²) >= 11 is 0. The van der Waals surface area contributed by atoms with Crippen molar-refractivity contribution in [2.75, 3.05) is 63.5 Å². The predicted molar refractivity (Wildman–Crippen MR) is 197 cm³/mol. The Kier molecular flexibility index (Phi) is 14.3. The molecule has 3 aromatic rings. The van der Waals surface area contributed by atoms with E-state index in [9.17, 15) is 19.5 Å². The number of fused-ring (bicyclic) bond motifs is 1. The molecule has 276 valence electrons. The van der Waals surface area contributed by atoms with Crippen molar-refractivity contribution in [3.05, 3.63) is 72.3 Å².